The average molecular weight is 553 g/mol. The van der Waals surface area contributed by atoms with Gasteiger partial charge < -0.3 is 20.6 Å². The van der Waals surface area contributed by atoms with Crippen LogP contribution >= 0.6 is 11.3 Å². The number of carbonyl (C=O) groups is 1. The maximum absolute atomic E-state index is 13.1. The smallest absolute Gasteiger partial charge is 0.290 e. The molecule has 39 heavy (non-hydrogen) atoms. The van der Waals surface area contributed by atoms with Crippen molar-refractivity contribution in [3.8, 4) is 0 Å². The van der Waals surface area contributed by atoms with Gasteiger partial charge in [0, 0.05) is 56.3 Å². The summed E-state index contributed by atoms with van der Waals surface area (Å²) in [6, 6.07) is 5.58. The number of amides is 1. The molecule has 12 heteroatoms. The third kappa shape index (κ3) is 4.96. The Morgan fingerprint density at radius 3 is 2.77 bits per heavy atom. The summed E-state index contributed by atoms with van der Waals surface area (Å²) in [5.41, 5.74) is 2.01. The SMILES string of the molecule is CN1CCn2nc(Nc3cc(N4CCC[C@@H](NC(=O)c5cc6c(s5)CC(C)(C)C6O)C4)nn(C)c3=O)cc2C1. The minimum absolute atomic E-state index is 0.0446. The number of piperidine rings is 1. The van der Waals surface area contributed by atoms with E-state index in [1.54, 1.807) is 13.1 Å². The van der Waals surface area contributed by atoms with Crippen LogP contribution in [-0.2, 0) is 26.6 Å². The molecule has 1 unspecified atom stereocenters. The fourth-order valence-electron chi connectivity index (χ4n) is 5.85. The van der Waals surface area contributed by atoms with Crippen LogP contribution in [0.3, 0.4) is 0 Å². The molecule has 0 spiro atoms. The van der Waals surface area contributed by atoms with Gasteiger partial charge in [0.15, 0.2) is 11.6 Å². The Hall–Kier alpha value is -3.22. The van der Waals surface area contributed by atoms with E-state index in [4.69, 9.17) is 0 Å². The summed E-state index contributed by atoms with van der Waals surface area (Å²) < 4.78 is 3.33. The number of anilines is 3. The zero-order valence-corrected chi connectivity index (χ0v) is 23.7. The lowest BCUT2D eigenvalue weighted by atomic mass is 9.88. The zero-order valence-electron chi connectivity index (χ0n) is 22.9. The summed E-state index contributed by atoms with van der Waals surface area (Å²) in [5, 5.41) is 26.2. The lowest BCUT2D eigenvalue weighted by Gasteiger charge is -2.34. The topological polar surface area (TPSA) is 121 Å². The van der Waals surface area contributed by atoms with Crippen molar-refractivity contribution in [2.75, 3.05) is 36.9 Å². The number of aryl methyl sites for hydroxylation is 1. The molecule has 1 fully saturated rings. The van der Waals surface area contributed by atoms with E-state index >= 15 is 0 Å². The minimum atomic E-state index is -0.539. The molecule has 5 heterocycles. The van der Waals surface area contributed by atoms with E-state index in [1.807, 2.05) is 16.8 Å². The van der Waals surface area contributed by atoms with E-state index in [0.717, 1.165) is 61.6 Å². The van der Waals surface area contributed by atoms with Gasteiger partial charge in [0.1, 0.15) is 5.69 Å². The predicted octanol–water partition coefficient (Wildman–Crippen LogP) is 2.24. The molecule has 2 aliphatic heterocycles. The van der Waals surface area contributed by atoms with Crippen LogP contribution in [0.4, 0.5) is 17.3 Å². The van der Waals surface area contributed by atoms with Crippen LogP contribution < -0.4 is 21.1 Å². The molecule has 0 saturated carbocycles. The Kier molecular flexibility index (Phi) is 6.51. The third-order valence-corrected chi connectivity index (χ3v) is 9.25. The molecule has 1 amide bonds. The molecule has 6 rings (SSSR count). The van der Waals surface area contributed by atoms with E-state index in [0.29, 0.717) is 28.7 Å². The van der Waals surface area contributed by atoms with E-state index in [1.165, 1.54) is 16.0 Å². The van der Waals surface area contributed by atoms with Gasteiger partial charge in [0.2, 0.25) is 0 Å². The Morgan fingerprint density at radius 1 is 1.15 bits per heavy atom. The van der Waals surface area contributed by atoms with Gasteiger partial charge in [-0.3, -0.25) is 19.2 Å². The van der Waals surface area contributed by atoms with Gasteiger partial charge in [-0.1, -0.05) is 13.8 Å². The van der Waals surface area contributed by atoms with Crippen LogP contribution in [0.5, 0.6) is 0 Å². The first-order chi connectivity index (χ1) is 18.6. The highest BCUT2D eigenvalue weighted by molar-refractivity contribution is 7.14. The number of aliphatic hydroxyl groups excluding tert-OH is 1. The lowest BCUT2D eigenvalue weighted by molar-refractivity contribution is 0.0665. The van der Waals surface area contributed by atoms with E-state index in [9.17, 15) is 14.7 Å². The number of fused-ring (bicyclic) bond motifs is 2. The second kappa shape index (κ2) is 9.76. The third-order valence-electron chi connectivity index (χ3n) is 8.10. The van der Waals surface area contributed by atoms with Crippen molar-refractivity contribution in [2.24, 2.45) is 12.5 Å². The highest BCUT2D eigenvalue weighted by atomic mass is 32.1. The Bertz CT molecular complexity index is 1470. The number of nitrogens with one attached hydrogen (secondary N) is 2. The van der Waals surface area contributed by atoms with Gasteiger partial charge in [-0.05, 0) is 43.4 Å². The van der Waals surface area contributed by atoms with Crippen LogP contribution in [0.2, 0.25) is 0 Å². The van der Waals surface area contributed by atoms with Crippen molar-refractivity contribution in [2.45, 2.75) is 58.3 Å². The van der Waals surface area contributed by atoms with Gasteiger partial charge >= 0.3 is 0 Å². The molecule has 0 radical (unpaired) electrons. The molecule has 3 aromatic rings. The fourth-order valence-corrected chi connectivity index (χ4v) is 7.18. The number of rotatable bonds is 5. The number of aliphatic hydroxyl groups is 1. The van der Waals surface area contributed by atoms with E-state index < -0.39 is 6.10 Å². The monoisotopic (exact) mass is 552 g/mol. The summed E-state index contributed by atoms with van der Waals surface area (Å²) in [7, 11) is 3.74. The Morgan fingerprint density at radius 2 is 1.97 bits per heavy atom. The highest BCUT2D eigenvalue weighted by Crippen LogP contribution is 2.48. The first kappa shape index (κ1) is 26.0. The molecule has 2 atom stereocenters. The van der Waals surface area contributed by atoms with E-state index in [-0.39, 0.29) is 22.9 Å². The maximum atomic E-state index is 13.1. The lowest BCUT2D eigenvalue weighted by Crippen LogP contribution is -2.48. The van der Waals surface area contributed by atoms with Crippen molar-refractivity contribution >= 4 is 34.6 Å². The molecule has 1 aliphatic carbocycles. The van der Waals surface area contributed by atoms with Crippen molar-refractivity contribution in [3.05, 3.63) is 49.6 Å². The maximum Gasteiger partial charge on any atom is 0.290 e. The molecule has 0 bridgehead atoms. The van der Waals surface area contributed by atoms with Gasteiger partial charge in [0.25, 0.3) is 11.5 Å². The number of thiophene rings is 1. The summed E-state index contributed by atoms with van der Waals surface area (Å²) in [5.74, 6) is 1.23. The fraction of sp³-hybridized carbons (Fsp3) is 0.556. The second-order valence-corrected chi connectivity index (χ2v) is 12.9. The number of hydrogen-bond acceptors (Lipinski definition) is 9. The number of carbonyl (C=O) groups excluding carboxylic acids is 1. The Balaban J connectivity index is 1.15. The minimum Gasteiger partial charge on any atom is -0.388 e. The number of likely N-dealkylation sites (N-methyl/N-ethyl adjacent to an activating group) is 1. The second-order valence-electron chi connectivity index (χ2n) is 11.8. The molecule has 11 nitrogen and oxygen atoms in total. The number of nitrogens with zero attached hydrogens (tertiary/aromatic N) is 6. The van der Waals surface area contributed by atoms with Crippen LogP contribution in [0, 0.1) is 5.41 Å². The van der Waals surface area contributed by atoms with Crippen molar-refractivity contribution in [3.63, 3.8) is 0 Å². The van der Waals surface area contributed by atoms with Crippen molar-refractivity contribution in [1.82, 2.24) is 29.8 Å². The van der Waals surface area contributed by atoms with Gasteiger partial charge in [0.05, 0.1) is 23.2 Å². The quantitative estimate of drug-likeness (QED) is 0.441. The van der Waals surface area contributed by atoms with Gasteiger partial charge in [-0.25, -0.2) is 4.68 Å². The zero-order chi connectivity index (χ0) is 27.5. The largest absolute Gasteiger partial charge is 0.388 e. The standard InChI is InChI=1S/C27H36N8O3S/c1-27(2)13-21-18(24(27)36)11-20(39-21)25(37)28-16-6-5-7-34(14-16)23-12-19(26(38)33(4)31-23)29-22-10-17-15-32(3)8-9-35(17)30-22/h10-12,16,24,36H,5-9,13-15H2,1-4H3,(H,28,37)(H,29,30)/t16-,24?/m1/s1. The summed E-state index contributed by atoms with van der Waals surface area (Å²) >= 11 is 1.48. The van der Waals surface area contributed by atoms with Gasteiger partial charge in [-0.15, -0.1) is 11.3 Å². The molecule has 0 aromatic carbocycles. The van der Waals surface area contributed by atoms with Crippen molar-refractivity contribution < 1.29 is 9.90 Å². The molecule has 1 saturated heterocycles. The number of hydrogen-bond donors (Lipinski definition) is 3. The molecular formula is C27H36N8O3S. The first-order valence-electron chi connectivity index (χ1n) is 13.5. The average Bonchev–Trinajstić information content (AvgIpc) is 3.54. The normalized spacial score (nSPS) is 22.4. The number of aromatic nitrogens is 4. The molecule has 3 aromatic heterocycles. The first-order valence-corrected chi connectivity index (χ1v) is 14.4. The summed E-state index contributed by atoms with van der Waals surface area (Å²) in [4.78, 5) is 32.1. The highest BCUT2D eigenvalue weighted by Gasteiger charge is 2.40. The van der Waals surface area contributed by atoms with Crippen LogP contribution in [0.25, 0.3) is 0 Å². The summed E-state index contributed by atoms with van der Waals surface area (Å²) in [6.45, 7) is 8.07. The van der Waals surface area contributed by atoms with Crippen LogP contribution in [-0.4, -0.2) is 68.2 Å². The Labute approximate surface area is 231 Å². The predicted molar refractivity (Wildman–Crippen MR) is 151 cm³/mol. The van der Waals surface area contributed by atoms with Gasteiger partial charge in [-0.2, -0.15) is 10.2 Å². The molecular weight excluding hydrogens is 516 g/mol. The van der Waals surface area contributed by atoms with Crippen LogP contribution in [0.1, 0.15) is 58.6 Å². The molecule has 208 valence electrons. The molecule has 3 N–H and O–H groups in total. The van der Waals surface area contributed by atoms with Crippen LogP contribution in [0.15, 0.2) is 23.0 Å². The molecule has 3 aliphatic rings. The van der Waals surface area contributed by atoms with E-state index in [2.05, 4.69) is 51.5 Å². The summed E-state index contributed by atoms with van der Waals surface area (Å²) in [6.07, 6.45) is 2.01. The van der Waals surface area contributed by atoms with Crippen molar-refractivity contribution in [1.29, 1.82) is 0 Å².